The fraction of sp³-hybridized carbons (Fsp3) is 0.545. The van der Waals surface area contributed by atoms with Gasteiger partial charge in [0.05, 0.1) is 6.33 Å². The van der Waals surface area contributed by atoms with E-state index >= 15 is 0 Å². The standard InChI is InChI=1S/C11H16N4O/c1-4-8(5-2)15-6-12-9-10(15)13-7(3)14-11(9)16/h6,8H,4-5H2,1-3H3,(H,13,14,16). The second kappa shape index (κ2) is 4.08. The van der Waals surface area contributed by atoms with Gasteiger partial charge in [-0.25, -0.2) is 9.97 Å². The molecule has 86 valence electrons. The van der Waals surface area contributed by atoms with E-state index in [-0.39, 0.29) is 5.56 Å². The Morgan fingerprint density at radius 1 is 1.44 bits per heavy atom. The van der Waals surface area contributed by atoms with E-state index in [1.54, 1.807) is 13.3 Å². The molecule has 0 aliphatic heterocycles. The number of rotatable bonds is 3. The van der Waals surface area contributed by atoms with Gasteiger partial charge in [0.1, 0.15) is 5.82 Å². The molecule has 0 bridgehead atoms. The zero-order valence-electron chi connectivity index (χ0n) is 9.82. The third kappa shape index (κ3) is 1.62. The smallest absolute Gasteiger partial charge is 0.279 e. The summed E-state index contributed by atoms with van der Waals surface area (Å²) in [5.74, 6) is 0.630. The molecule has 0 radical (unpaired) electrons. The van der Waals surface area contributed by atoms with Crippen LogP contribution in [0.1, 0.15) is 38.6 Å². The van der Waals surface area contributed by atoms with Gasteiger partial charge in [-0.1, -0.05) is 13.8 Å². The highest BCUT2D eigenvalue weighted by atomic mass is 16.1. The SMILES string of the molecule is CCC(CC)n1cnc2c(=O)[nH]c(C)nc21. The summed E-state index contributed by atoms with van der Waals surface area (Å²) in [6, 6.07) is 0.360. The van der Waals surface area contributed by atoms with E-state index in [4.69, 9.17) is 0 Å². The second-order valence-electron chi connectivity index (χ2n) is 3.95. The normalized spacial score (nSPS) is 11.5. The van der Waals surface area contributed by atoms with E-state index in [0.717, 1.165) is 12.8 Å². The maximum Gasteiger partial charge on any atom is 0.279 e. The van der Waals surface area contributed by atoms with Crippen LogP contribution in [0.4, 0.5) is 0 Å². The van der Waals surface area contributed by atoms with Crippen LogP contribution in [-0.2, 0) is 0 Å². The molecule has 0 fully saturated rings. The van der Waals surface area contributed by atoms with E-state index in [1.165, 1.54) is 0 Å². The summed E-state index contributed by atoms with van der Waals surface area (Å²) < 4.78 is 2.00. The number of aromatic nitrogens is 4. The quantitative estimate of drug-likeness (QED) is 0.857. The molecular weight excluding hydrogens is 204 g/mol. The molecule has 0 spiro atoms. The molecule has 1 N–H and O–H groups in total. The third-order valence-corrected chi connectivity index (χ3v) is 2.89. The summed E-state index contributed by atoms with van der Waals surface area (Å²) in [6.07, 6.45) is 3.73. The monoisotopic (exact) mass is 220 g/mol. The first-order valence-corrected chi connectivity index (χ1v) is 5.60. The van der Waals surface area contributed by atoms with E-state index in [9.17, 15) is 4.79 Å². The van der Waals surface area contributed by atoms with Crippen LogP contribution >= 0.6 is 0 Å². The van der Waals surface area contributed by atoms with Gasteiger partial charge in [-0.2, -0.15) is 0 Å². The van der Waals surface area contributed by atoms with Crippen molar-refractivity contribution in [2.45, 2.75) is 39.7 Å². The number of H-pyrrole nitrogens is 1. The predicted octanol–water partition coefficient (Wildman–Crippen LogP) is 1.79. The summed E-state index contributed by atoms with van der Waals surface area (Å²) in [6.45, 7) is 6.03. The number of nitrogens with one attached hydrogen (secondary N) is 1. The summed E-state index contributed by atoms with van der Waals surface area (Å²) in [7, 11) is 0. The molecule has 0 unspecified atom stereocenters. The number of nitrogens with zero attached hydrogens (tertiary/aromatic N) is 3. The Kier molecular flexibility index (Phi) is 2.77. The summed E-state index contributed by atoms with van der Waals surface area (Å²) in [4.78, 5) is 22.8. The molecule has 5 heteroatoms. The van der Waals surface area contributed by atoms with E-state index in [2.05, 4.69) is 28.8 Å². The Balaban J connectivity index is 2.68. The first-order chi connectivity index (χ1) is 7.67. The molecule has 5 nitrogen and oxygen atoms in total. The first kappa shape index (κ1) is 10.9. The molecule has 2 aromatic rings. The molecule has 0 atom stereocenters. The van der Waals surface area contributed by atoms with Crippen LogP contribution in [0.2, 0.25) is 0 Å². The van der Waals surface area contributed by atoms with Gasteiger partial charge in [-0.05, 0) is 19.8 Å². The Bertz CT molecular complexity index is 551. The fourth-order valence-corrected chi connectivity index (χ4v) is 1.99. The van der Waals surface area contributed by atoms with Crippen LogP contribution in [-0.4, -0.2) is 19.5 Å². The number of aryl methyl sites for hydroxylation is 1. The van der Waals surface area contributed by atoms with Crippen molar-refractivity contribution in [1.82, 2.24) is 19.5 Å². The van der Waals surface area contributed by atoms with Crippen molar-refractivity contribution in [1.29, 1.82) is 0 Å². The van der Waals surface area contributed by atoms with E-state index < -0.39 is 0 Å². The highest BCUT2D eigenvalue weighted by Gasteiger charge is 2.13. The minimum absolute atomic E-state index is 0.160. The topological polar surface area (TPSA) is 63.6 Å². The Morgan fingerprint density at radius 3 is 2.75 bits per heavy atom. The van der Waals surface area contributed by atoms with Crippen LogP contribution in [0, 0.1) is 6.92 Å². The molecule has 16 heavy (non-hydrogen) atoms. The predicted molar refractivity (Wildman–Crippen MR) is 62.5 cm³/mol. The number of hydrogen-bond acceptors (Lipinski definition) is 3. The maximum absolute atomic E-state index is 11.6. The molecule has 2 heterocycles. The molecule has 2 aromatic heterocycles. The zero-order chi connectivity index (χ0) is 11.7. The van der Waals surface area contributed by atoms with Crippen LogP contribution in [0.5, 0.6) is 0 Å². The average molecular weight is 220 g/mol. The lowest BCUT2D eigenvalue weighted by atomic mass is 10.2. The summed E-state index contributed by atoms with van der Waals surface area (Å²) in [5, 5.41) is 0. The van der Waals surface area contributed by atoms with Crippen LogP contribution in [0.25, 0.3) is 11.2 Å². The highest BCUT2D eigenvalue weighted by Crippen LogP contribution is 2.19. The minimum atomic E-state index is -0.160. The van der Waals surface area contributed by atoms with Crippen molar-refractivity contribution < 1.29 is 0 Å². The Hall–Kier alpha value is -1.65. The molecule has 0 amide bonds. The molecule has 0 aliphatic carbocycles. The van der Waals surface area contributed by atoms with E-state index in [0.29, 0.717) is 23.0 Å². The molecule has 0 aromatic carbocycles. The van der Waals surface area contributed by atoms with Crippen molar-refractivity contribution in [3.05, 3.63) is 22.5 Å². The number of hydrogen-bond donors (Lipinski definition) is 1. The highest BCUT2D eigenvalue weighted by molar-refractivity contribution is 5.69. The van der Waals surface area contributed by atoms with Gasteiger partial charge in [-0.15, -0.1) is 0 Å². The van der Waals surface area contributed by atoms with Crippen LogP contribution in [0.15, 0.2) is 11.1 Å². The van der Waals surface area contributed by atoms with Gasteiger partial charge >= 0.3 is 0 Å². The lowest BCUT2D eigenvalue weighted by Gasteiger charge is -2.14. The van der Waals surface area contributed by atoms with Crippen molar-refractivity contribution in [3.63, 3.8) is 0 Å². The van der Waals surface area contributed by atoms with Gasteiger partial charge in [-0.3, -0.25) is 4.79 Å². The Labute approximate surface area is 93.5 Å². The molecule has 0 saturated carbocycles. The van der Waals surface area contributed by atoms with Gasteiger partial charge in [0, 0.05) is 6.04 Å². The fourth-order valence-electron chi connectivity index (χ4n) is 1.99. The van der Waals surface area contributed by atoms with Crippen molar-refractivity contribution in [2.24, 2.45) is 0 Å². The Morgan fingerprint density at radius 2 is 2.12 bits per heavy atom. The summed E-state index contributed by atoms with van der Waals surface area (Å²) in [5.41, 5.74) is 0.958. The van der Waals surface area contributed by atoms with Crippen LogP contribution < -0.4 is 5.56 Å². The third-order valence-electron chi connectivity index (χ3n) is 2.89. The second-order valence-corrected chi connectivity index (χ2v) is 3.95. The van der Waals surface area contributed by atoms with Crippen molar-refractivity contribution >= 4 is 11.2 Å². The summed E-state index contributed by atoms with van der Waals surface area (Å²) >= 11 is 0. The lowest BCUT2D eigenvalue weighted by molar-refractivity contribution is 0.480. The number of aromatic amines is 1. The lowest BCUT2D eigenvalue weighted by Crippen LogP contribution is -2.12. The molecule has 0 aliphatic rings. The first-order valence-electron chi connectivity index (χ1n) is 5.60. The van der Waals surface area contributed by atoms with E-state index in [1.807, 2.05) is 4.57 Å². The van der Waals surface area contributed by atoms with Gasteiger partial charge < -0.3 is 9.55 Å². The largest absolute Gasteiger partial charge is 0.312 e. The maximum atomic E-state index is 11.6. The van der Waals surface area contributed by atoms with Gasteiger partial charge in [0.15, 0.2) is 11.2 Å². The molecule has 2 rings (SSSR count). The average Bonchev–Trinajstić information content (AvgIpc) is 2.64. The van der Waals surface area contributed by atoms with Gasteiger partial charge in [0.2, 0.25) is 0 Å². The minimum Gasteiger partial charge on any atom is -0.312 e. The molecular formula is C11H16N4O. The van der Waals surface area contributed by atoms with Crippen LogP contribution in [0.3, 0.4) is 0 Å². The van der Waals surface area contributed by atoms with Crippen molar-refractivity contribution in [2.75, 3.05) is 0 Å². The number of fused-ring (bicyclic) bond motifs is 1. The molecule has 0 saturated heterocycles. The van der Waals surface area contributed by atoms with Crippen molar-refractivity contribution in [3.8, 4) is 0 Å². The number of imidazole rings is 1. The van der Waals surface area contributed by atoms with Gasteiger partial charge in [0.25, 0.3) is 5.56 Å². The zero-order valence-corrected chi connectivity index (χ0v) is 9.82.